The molecular weight excluding hydrogens is 343 g/mol. The maximum absolute atomic E-state index is 13.0. The van der Waals surface area contributed by atoms with Gasteiger partial charge in [0.15, 0.2) is 0 Å². The van der Waals surface area contributed by atoms with Gasteiger partial charge in [-0.2, -0.15) is 0 Å². The fourth-order valence-corrected chi connectivity index (χ4v) is 3.09. The van der Waals surface area contributed by atoms with Crippen molar-refractivity contribution in [1.29, 1.82) is 0 Å². The zero-order chi connectivity index (χ0) is 18.1. The summed E-state index contributed by atoms with van der Waals surface area (Å²) in [6.07, 6.45) is 0. The number of anilines is 1. The number of hydrogen-bond acceptors (Lipinski definition) is 2. The van der Waals surface area contributed by atoms with Crippen molar-refractivity contribution in [3.63, 3.8) is 0 Å². The van der Waals surface area contributed by atoms with E-state index in [-0.39, 0.29) is 11.8 Å². The summed E-state index contributed by atoms with van der Waals surface area (Å²) in [4.78, 5) is 28.5. The Labute approximate surface area is 150 Å². The minimum Gasteiger partial charge on any atom is -0.325 e. The molecule has 0 spiro atoms. The van der Waals surface area contributed by atoms with E-state index in [0.717, 1.165) is 11.3 Å². The minimum absolute atomic E-state index is 0.165. The Morgan fingerprint density at radius 3 is 2.48 bits per heavy atom. The number of hydrogen-bond donors (Lipinski definition) is 0. The SMILES string of the molecule is Cc1ccc(N2CCN(C(=O)c3ccc(F)cc3)[C@H](C)C2=O)cc1Cl. The van der Waals surface area contributed by atoms with Gasteiger partial charge in [0.25, 0.3) is 5.91 Å². The van der Waals surface area contributed by atoms with Gasteiger partial charge in [0.2, 0.25) is 5.91 Å². The lowest BCUT2D eigenvalue weighted by atomic mass is 10.1. The van der Waals surface area contributed by atoms with E-state index in [1.165, 1.54) is 29.2 Å². The topological polar surface area (TPSA) is 40.6 Å². The molecule has 1 aliphatic heterocycles. The van der Waals surface area contributed by atoms with E-state index in [1.807, 2.05) is 19.1 Å². The zero-order valence-electron chi connectivity index (χ0n) is 14.0. The molecule has 0 radical (unpaired) electrons. The molecule has 1 saturated heterocycles. The number of piperazine rings is 1. The maximum Gasteiger partial charge on any atom is 0.254 e. The van der Waals surface area contributed by atoms with Gasteiger partial charge in [-0.15, -0.1) is 0 Å². The van der Waals surface area contributed by atoms with Crippen molar-refractivity contribution in [1.82, 2.24) is 4.90 Å². The molecule has 1 fully saturated rings. The molecule has 0 bridgehead atoms. The van der Waals surface area contributed by atoms with E-state index in [0.29, 0.717) is 23.7 Å². The van der Waals surface area contributed by atoms with Crippen LogP contribution >= 0.6 is 11.6 Å². The molecular formula is C19H18ClFN2O2. The summed E-state index contributed by atoms with van der Waals surface area (Å²) < 4.78 is 13.0. The number of nitrogens with zero attached hydrogens (tertiary/aromatic N) is 2. The van der Waals surface area contributed by atoms with Gasteiger partial charge in [-0.3, -0.25) is 9.59 Å². The highest BCUT2D eigenvalue weighted by Crippen LogP contribution is 2.26. The molecule has 1 atom stereocenters. The number of rotatable bonds is 2. The molecule has 1 heterocycles. The molecule has 130 valence electrons. The first kappa shape index (κ1) is 17.4. The smallest absolute Gasteiger partial charge is 0.254 e. The van der Waals surface area contributed by atoms with Crippen molar-refractivity contribution in [3.8, 4) is 0 Å². The molecule has 25 heavy (non-hydrogen) atoms. The quantitative estimate of drug-likeness (QED) is 0.820. The highest BCUT2D eigenvalue weighted by atomic mass is 35.5. The standard InChI is InChI=1S/C19H18ClFN2O2/c1-12-3-8-16(11-17(12)20)23-10-9-22(13(2)18(23)24)19(25)14-4-6-15(21)7-5-14/h3-8,11,13H,9-10H2,1-2H3/t13-/m1/s1. The van der Waals surface area contributed by atoms with Gasteiger partial charge < -0.3 is 9.80 Å². The van der Waals surface area contributed by atoms with E-state index in [2.05, 4.69) is 0 Å². The maximum atomic E-state index is 13.0. The van der Waals surface area contributed by atoms with Crippen molar-refractivity contribution in [2.24, 2.45) is 0 Å². The number of carbonyl (C=O) groups excluding carboxylic acids is 2. The lowest BCUT2D eigenvalue weighted by Gasteiger charge is -2.39. The van der Waals surface area contributed by atoms with Gasteiger partial charge in [0.05, 0.1) is 0 Å². The largest absolute Gasteiger partial charge is 0.325 e. The van der Waals surface area contributed by atoms with Crippen LogP contribution in [0.2, 0.25) is 5.02 Å². The predicted octanol–water partition coefficient (Wildman–Crippen LogP) is 3.67. The Bertz CT molecular complexity index is 823. The highest BCUT2D eigenvalue weighted by molar-refractivity contribution is 6.31. The molecule has 4 nitrogen and oxygen atoms in total. The molecule has 2 amide bonds. The highest BCUT2D eigenvalue weighted by Gasteiger charge is 2.35. The Kier molecular flexibility index (Phi) is 4.77. The molecule has 0 unspecified atom stereocenters. The van der Waals surface area contributed by atoms with E-state index < -0.39 is 11.9 Å². The molecule has 0 aliphatic carbocycles. The zero-order valence-corrected chi connectivity index (χ0v) is 14.8. The second kappa shape index (κ2) is 6.84. The lowest BCUT2D eigenvalue weighted by molar-refractivity contribution is -0.124. The van der Waals surface area contributed by atoms with E-state index >= 15 is 0 Å². The summed E-state index contributed by atoms with van der Waals surface area (Å²) in [6.45, 7) is 4.38. The number of benzene rings is 2. The van der Waals surface area contributed by atoms with Crippen molar-refractivity contribution in [2.45, 2.75) is 19.9 Å². The molecule has 1 aliphatic rings. The fourth-order valence-electron chi connectivity index (χ4n) is 2.91. The van der Waals surface area contributed by atoms with Gasteiger partial charge in [0.1, 0.15) is 11.9 Å². The lowest BCUT2D eigenvalue weighted by Crippen LogP contribution is -2.57. The third-order valence-corrected chi connectivity index (χ3v) is 4.88. The summed E-state index contributed by atoms with van der Waals surface area (Å²) in [5, 5.41) is 0.600. The van der Waals surface area contributed by atoms with Crippen LogP contribution < -0.4 is 4.90 Å². The molecule has 6 heteroatoms. The van der Waals surface area contributed by atoms with Crippen LogP contribution in [0.25, 0.3) is 0 Å². The van der Waals surface area contributed by atoms with Crippen molar-refractivity contribution < 1.29 is 14.0 Å². The van der Waals surface area contributed by atoms with E-state index in [1.54, 1.807) is 17.9 Å². The summed E-state index contributed by atoms with van der Waals surface area (Å²) in [5.74, 6) is -0.842. The van der Waals surface area contributed by atoms with Crippen LogP contribution in [0.3, 0.4) is 0 Å². The first-order valence-electron chi connectivity index (χ1n) is 8.02. The molecule has 0 N–H and O–H groups in total. The van der Waals surface area contributed by atoms with Crippen LogP contribution in [-0.4, -0.2) is 35.8 Å². The average molecular weight is 361 g/mol. The van der Waals surface area contributed by atoms with Gasteiger partial charge in [-0.1, -0.05) is 17.7 Å². The van der Waals surface area contributed by atoms with Crippen LogP contribution in [0.5, 0.6) is 0 Å². The third kappa shape index (κ3) is 3.37. The molecule has 2 aromatic carbocycles. The number of amides is 2. The molecule has 2 aromatic rings. The van der Waals surface area contributed by atoms with Gasteiger partial charge in [-0.05, 0) is 55.8 Å². The third-order valence-electron chi connectivity index (χ3n) is 4.47. The minimum atomic E-state index is -0.605. The van der Waals surface area contributed by atoms with Crippen molar-refractivity contribution in [2.75, 3.05) is 18.0 Å². The normalized spacial score (nSPS) is 17.8. The Hall–Kier alpha value is -2.40. The van der Waals surface area contributed by atoms with Crippen LogP contribution in [0, 0.1) is 12.7 Å². The molecule has 3 rings (SSSR count). The number of carbonyl (C=O) groups is 2. The summed E-state index contributed by atoms with van der Waals surface area (Å²) in [6, 6.07) is 10.2. The Balaban J connectivity index is 1.80. The van der Waals surface area contributed by atoms with Gasteiger partial charge in [-0.25, -0.2) is 4.39 Å². The van der Waals surface area contributed by atoms with E-state index in [9.17, 15) is 14.0 Å². The van der Waals surface area contributed by atoms with Crippen molar-refractivity contribution >= 4 is 29.1 Å². The fraction of sp³-hybridized carbons (Fsp3) is 0.263. The molecule has 0 saturated carbocycles. The average Bonchev–Trinajstić information content (AvgIpc) is 2.60. The summed E-state index contributed by atoms with van der Waals surface area (Å²) in [5.41, 5.74) is 2.03. The predicted molar refractivity (Wildman–Crippen MR) is 95.4 cm³/mol. The van der Waals surface area contributed by atoms with Crippen molar-refractivity contribution in [3.05, 3.63) is 64.4 Å². The van der Waals surface area contributed by atoms with Gasteiger partial charge >= 0.3 is 0 Å². The van der Waals surface area contributed by atoms with Crippen LogP contribution in [0.1, 0.15) is 22.8 Å². The molecule has 0 aromatic heterocycles. The van der Waals surface area contributed by atoms with Crippen LogP contribution in [-0.2, 0) is 4.79 Å². The Morgan fingerprint density at radius 1 is 1.16 bits per heavy atom. The first-order chi connectivity index (χ1) is 11.9. The van der Waals surface area contributed by atoms with Crippen LogP contribution in [0.15, 0.2) is 42.5 Å². The number of halogens is 2. The summed E-state index contributed by atoms with van der Waals surface area (Å²) in [7, 11) is 0. The summed E-state index contributed by atoms with van der Waals surface area (Å²) >= 11 is 6.16. The van der Waals surface area contributed by atoms with E-state index in [4.69, 9.17) is 11.6 Å². The first-order valence-corrected chi connectivity index (χ1v) is 8.40. The second-order valence-corrected chi connectivity index (χ2v) is 6.51. The van der Waals surface area contributed by atoms with Crippen LogP contribution in [0.4, 0.5) is 10.1 Å². The number of aryl methyl sites for hydroxylation is 1. The monoisotopic (exact) mass is 360 g/mol. The van der Waals surface area contributed by atoms with Gasteiger partial charge in [0, 0.05) is 29.4 Å². The Morgan fingerprint density at radius 2 is 1.84 bits per heavy atom. The second-order valence-electron chi connectivity index (χ2n) is 6.10.